The zero-order chi connectivity index (χ0) is 21.6. The minimum atomic E-state index is -3.64. The Labute approximate surface area is 183 Å². The van der Waals surface area contributed by atoms with Crippen molar-refractivity contribution < 1.29 is 13.2 Å². The molecule has 1 aliphatic heterocycles. The molecule has 0 bridgehead atoms. The molecule has 164 valence electrons. The lowest BCUT2D eigenvalue weighted by Crippen LogP contribution is -2.25. The highest BCUT2D eigenvalue weighted by atomic mass is 32.2. The van der Waals surface area contributed by atoms with Crippen LogP contribution in [0.5, 0.6) is 5.88 Å². The van der Waals surface area contributed by atoms with Crippen molar-refractivity contribution in [3.63, 3.8) is 0 Å². The molecule has 6 nitrogen and oxygen atoms in total. The summed E-state index contributed by atoms with van der Waals surface area (Å²) in [6.07, 6.45) is 7.09. The summed E-state index contributed by atoms with van der Waals surface area (Å²) in [6, 6.07) is 9.29. The van der Waals surface area contributed by atoms with E-state index in [2.05, 4.69) is 28.7 Å². The molecule has 0 atom stereocenters. The molecule has 1 N–H and O–H groups in total. The molecule has 0 spiro atoms. The minimum Gasteiger partial charge on any atom is -0.477 e. The van der Waals surface area contributed by atoms with E-state index in [0.717, 1.165) is 42.5 Å². The quantitative estimate of drug-likeness (QED) is 0.579. The van der Waals surface area contributed by atoms with Crippen LogP contribution in [0.1, 0.15) is 45.1 Å². The van der Waals surface area contributed by atoms with Crippen molar-refractivity contribution in [2.45, 2.75) is 49.2 Å². The first-order valence-electron chi connectivity index (χ1n) is 11.1. The highest BCUT2D eigenvalue weighted by Crippen LogP contribution is 2.58. The largest absolute Gasteiger partial charge is 0.477 e. The van der Waals surface area contributed by atoms with Gasteiger partial charge in [-0.05, 0) is 55.9 Å². The van der Waals surface area contributed by atoms with Crippen LogP contribution < -0.4 is 9.64 Å². The van der Waals surface area contributed by atoms with Crippen molar-refractivity contribution in [1.82, 2.24) is 9.97 Å². The fraction of sp³-hybridized carbons (Fsp3) is 0.458. The summed E-state index contributed by atoms with van der Waals surface area (Å²) in [5.74, 6) is 0.784. The van der Waals surface area contributed by atoms with Gasteiger partial charge in [0.05, 0.1) is 23.4 Å². The van der Waals surface area contributed by atoms with Gasteiger partial charge in [0.25, 0.3) is 0 Å². The van der Waals surface area contributed by atoms with E-state index >= 15 is 0 Å². The molecule has 3 heterocycles. The van der Waals surface area contributed by atoms with E-state index in [1.807, 2.05) is 24.4 Å². The number of nitrogens with one attached hydrogen (secondary N) is 1. The van der Waals surface area contributed by atoms with E-state index in [0.29, 0.717) is 41.7 Å². The fourth-order valence-corrected chi connectivity index (χ4v) is 6.80. The summed E-state index contributed by atoms with van der Waals surface area (Å²) in [7, 11) is -3.64. The summed E-state index contributed by atoms with van der Waals surface area (Å²) in [5, 5.41) is 0.738. The van der Waals surface area contributed by atoms with Crippen LogP contribution in [0.2, 0.25) is 0 Å². The number of nitrogens with zero attached hydrogens (tertiary/aromatic N) is 2. The Morgan fingerprint density at radius 2 is 1.97 bits per heavy atom. The van der Waals surface area contributed by atoms with Gasteiger partial charge in [-0.2, -0.15) is 0 Å². The number of rotatable bonds is 7. The molecule has 1 aromatic carbocycles. The number of anilines is 1. The van der Waals surface area contributed by atoms with Gasteiger partial charge in [0.1, 0.15) is 4.75 Å². The Kier molecular flexibility index (Phi) is 4.96. The molecule has 7 heteroatoms. The van der Waals surface area contributed by atoms with Gasteiger partial charge in [0, 0.05) is 35.8 Å². The molecule has 2 fully saturated rings. The number of fused-ring (bicyclic) bond motifs is 1. The molecule has 1 saturated carbocycles. The third-order valence-corrected chi connectivity index (χ3v) is 9.01. The van der Waals surface area contributed by atoms with E-state index in [4.69, 9.17) is 4.74 Å². The van der Waals surface area contributed by atoms with Crippen LogP contribution in [0, 0.1) is 5.92 Å². The molecule has 2 aromatic heterocycles. The summed E-state index contributed by atoms with van der Waals surface area (Å²) in [4.78, 5) is 10.4. The maximum Gasteiger partial charge on any atom is 0.218 e. The van der Waals surface area contributed by atoms with E-state index in [1.165, 1.54) is 0 Å². The van der Waals surface area contributed by atoms with Crippen molar-refractivity contribution in [2.24, 2.45) is 5.92 Å². The average Bonchev–Trinajstić information content (AvgIpc) is 3.17. The molecule has 0 amide bonds. The zero-order valence-electron chi connectivity index (χ0n) is 18.1. The van der Waals surface area contributed by atoms with Crippen LogP contribution in [-0.2, 0) is 14.6 Å². The number of ether oxygens (including phenoxy) is 1. The van der Waals surface area contributed by atoms with Gasteiger partial charge in [0.15, 0.2) is 9.84 Å². The van der Waals surface area contributed by atoms with Crippen molar-refractivity contribution in [3.8, 4) is 5.88 Å². The van der Waals surface area contributed by atoms with E-state index < -0.39 is 14.6 Å². The number of aromatic nitrogens is 2. The monoisotopic (exact) mass is 439 g/mol. The summed E-state index contributed by atoms with van der Waals surface area (Å²) in [6.45, 7) is 6.63. The topological polar surface area (TPSA) is 75.3 Å². The number of hydrogen-bond acceptors (Lipinski definition) is 5. The SMILES string of the molecule is CC(C)COc1ncc(N2CCCC2)cc1C1(S(=O)(=O)c2cccc3[nH]ccc23)CC1. The van der Waals surface area contributed by atoms with Crippen molar-refractivity contribution in [1.29, 1.82) is 0 Å². The Morgan fingerprint density at radius 3 is 2.68 bits per heavy atom. The van der Waals surface area contributed by atoms with Crippen LogP contribution in [0.4, 0.5) is 5.69 Å². The predicted octanol–water partition coefficient (Wildman–Crippen LogP) is 4.66. The van der Waals surface area contributed by atoms with Gasteiger partial charge in [-0.3, -0.25) is 0 Å². The van der Waals surface area contributed by atoms with Crippen LogP contribution >= 0.6 is 0 Å². The number of aromatic amines is 1. The van der Waals surface area contributed by atoms with Crippen LogP contribution in [0.15, 0.2) is 47.6 Å². The average molecular weight is 440 g/mol. The first kappa shape index (κ1) is 20.4. The Bertz CT molecular complexity index is 1210. The van der Waals surface area contributed by atoms with Crippen molar-refractivity contribution in [2.75, 3.05) is 24.6 Å². The lowest BCUT2D eigenvalue weighted by Gasteiger charge is -2.24. The first-order valence-corrected chi connectivity index (χ1v) is 12.6. The first-order chi connectivity index (χ1) is 14.9. The Morgan fingerprint density at radius 1 is 1.19 bits per heavy atom. The molecule has 0 unspecified atom stereocenters. The van der Waals surface area contributed by atoms with Crippen molar-refractivity contribution in [3.05, 3.63) is 48.3 Å². The maximum absolute atomic E-state index is 14.0. The number of benzene rings is 1. The van der Waals surface area contributed by atoms with Gasteiger partial charge in [-0.25, -0.2) is 13.4 Å². The third kappa shape index (κ3) is 3.39. The maximum atomic E-state index is 14.0. The van der Waals surface area contributed by atoms with Gasteiger partial charge >= 0.3 is 0 Å². The summed E-state index contributed by atoms with van der Waals surface area (Å²) in [5.41, 5.74) is 2.54. The molecular weight excluding hydrogens is 410 g/mol. The number of hydrogen-bond donors (Lipinski definition) is 1. The Balaban J connectivity index is 1.63. The van der Waals surface area contributed by atoms with Gasteiger partial charge in [0.2, 0.25) is 5.88 Å². The Hall–Kier alpha value is -2.54. The number of pyridine rings is 1. The second-order valence-electron chi connectivity index (χ2n) is 9.14. The highest BCUT2D eigenvalue weighted by molar-refractivity contribution is 7.93. The molecular formula is C24H29N3O3S. The molecule has 1 aliphatic carbocycles. The number of sulfone groups is 1. The molecule has 2 aliphatic rings. The molecule has 3 aromatic rings. The number of H-pyrrole nitrogens is 1. The predicted molar refractivity (Wildman–Crippen MR) is 122 cm³/mol. The molecule has 0 radical (unpaired) electrons. The molecule has 31 heavy (non-hydrogen) atoms. The second kappa shape index (κ2) is 7.55. The molecule has 1 saturated heterocycles. The second-order valence-corrected chi connectivity index (χ2v) is 11.4. The van der Waals surface area contributed by atoms with Gasteiger partial charge in [-0.1, -0.05) is 19.9 Å². The van der Waals surface area contributed by atoms with E-state index in [-0.39, 0.29) is 0 Å². The van der Waals surface area contributed by atoms with Crippen molar-refractivity contribution >= 4 is 26.4 Å². The smallest absolute Gasteiger partial charge is 0.218 e. The summed E-state index contributed by atoms with van der Waals surface area (Å²) >= 11 is 0. The lowest BCUT2D eigenvalue weighted by atomic mass is 10.1. The fourth-order valence-electron chi connectivity index (χ4n) is 4.57. The standard InChI is InChI=1S/C24H29N3O3S/c1-17(2)16-30-23-20(14-18(15-26-23)27-12-3-4-13-27)24(9-10-24)31(28,29)22-7-5-6-21-19(22)8-11-25-21/h5-8,11,14-15,17,25H,3-4,9-10,12-13,16H2,1-2H3. The van der Waals surface area contributed by atoms with E-state index in [9.17, 15) is 8.42 Å². The van der Waals surface area contributed by atoms with Gasteiger partial charge in [-0.15, -0.1) is 0 Å². The normalized spacial score (nSPS) is 18.1. The third-order valence-electron chi connectivity index (χ3n) is 6.42. The summed E-state index contributed by atoms with van der Waals surface area (Å²) < 4.78 is 33.1. The van der Waals surface area contributed by atoms with E-state index in [1.54, 1.807) is 18.3 Å². The lowest BCUT2D eigenvalue weighted by molar-refractivity contribution is 0.258. The highest BCUT2D eigenvalue weighted by Gasteiger charge is 2.58. The van der Waals surface area contributed by atoms with Crippen LogP contribution in [-0.4, -0.2) is 38.1 Å². The van der Waals surface area contributed by atoms with Crippen LogP contribution in [0.3, 0.4) is 0 Å². The van der Waals surface area contributed by atoms with Crippen LogP contribution in [0.25, 0.3) is 10.9 Å². The van der Waals surface area contributed by atoms with Gasteiger partial charge < -0.3 is 14.6 Å². The minimum absolute atomic E-state index is 0.327. The molecule has 5 rings (SSSR count). The zero-order valence-corrected chi connectivity index (χ0v) is 18.9.